The van der Waals surface area contributed by atoms with E-state index in [1.165, 1.54) is 18.2 Å². The quantitative estimate of drug-likeness (QED) is 0.797. The molecule has 0 aromatic heterocycles. The maximum absolute atomic E-state index is 12.9. The fourth-order valence-electron chi connectivity index (χ4n) is 2.86. The summed E-state index contributed by atoms with van der Waals surface area (Å²) in [4.78, 5) is 28.3. The van der Waals surface area contributed by atoms with Gasteiger partial charge in [-0.2, -0.15) is 0 Å². The average Bonchev–Trinajstić information content (AvgIpc) is 2.67. The first-order chi connectivity index (χ1) is 12.5. The molecule has 2 aromatic carbocycles. The number of rotatable bonds is 3. The first-order valence-electron chi connectivity index (χ1n) is 8.61. The monoisotopic (exact) mass is 352 g/mol. The van der Waals surface area contributed by atoms with Crippen molar-refractivity contribution >= 4 is 17.9 Å². The van der Waals surface area contributed by atoms with Gasteiger partial charge in [0.15, 0.2) is 0 Å². The van der Waals surface area contributed by atoms with Crippen molar-refractivity contribution in [1.82, 2.24) is 9.80 Å². The predicted octanol–water partition coefficient (Wildman–Crippen LogP) is 3.13. The Morgan fingerprint density at radius 1 is 0.885 bits per heavy atom. The second-order valence-electron chi connectivity index (χ2n) is 6.37. The molecule has 1 heterocycles. The van der Waals surface area contributed by atoms with Gasteiger partial charge in [0.25, 0.3) is 5.91 Å². The van der Waals surface area contributed by atoms with Crippen LogP contribution in [0.5, 0.6) is 0 Å². The Morgan fingerprint density at radius 2 is 1.46 bits per heavy atom. The molecule has 2 aromatic rings. The van der Waals surface area contributed by atoms with Crippen LogP contribution in [0.2, 0.25) is 0 Å². The van der Waals surface area contributed by atoms with E-state index in [1.54, 1.807) is 28.0 Å². The molecular weight excluding hydrogens is 331 g/mol. The molecule has 0 radical (unpaired) electrons. The summed E-state index contributed by atoms with van der Waals surface area (Å²) in [7, 11) is 0. The van der Waals surface area contributed by atoms with Crippen LogP contribution in [0.4, 0.5) is 4.39 Å². The van der Waals surface area contributed by atoms with E-state index in [0.29, 0.717) is 31.7 Å². The van der Waals surface area contributed by atoms with Crippen LogP contribution in [0.25, 0.3) is 6.08 Å². The van der Waals surface area contributed by atoms with Crippen LogP contribution in [-0.2, 0) is 4.79 Å². The van der Waals surface area contributed by atoms with E-state index in [0.717, 1.165) is 11.1 Å². The van der Waals surface area contributed by atoms with Crippen molar-refractivity contribution in [2.24, 2.45) is 0 Å². The molecule has 3 rings (SSSR count). The number of hydrogen-bond donors (Lipinski definition) is 0. The summed E-state index contributed by atoms with van der Waals surface area (Å²) in [6.45, 7) is 4.03. The van der Waals surface area contributed by atoms with E-state index >= 15 is 0 Å². The molecule has 0 unspecified atom stereocenters. The van der Waals surface area contributed by atoms with Gasteiger partial charge >= 0.3 is 0 Å². The molecule has 1 aliphatic rings. The van der Waals surface area contributed by atoms with E-state index in [1.807, 2.05) is 31.2 Å². The van der Waals surface area contributed by atoms with Gasteiger partial charge in [0, 0.05) is 37.8 Å². The molecule has 1 aliphatic heterocycles. The van der Waals surface area contributed by atoms with E-state index < -0.39 is 0 Å². The third-order valence-electron chi connectivity index (χ3n) is 4.47. The summed E-state index contributed by atoms with van der Waals surface area (Å²) in [6, 6.07) is 13.5. The van der Waals surface area contributed by atoms with Crippen molar-refractivity contribution in [3.05, 3.63) is 77.1 Å². The van der Waals surface area contributed by atoms with Crippen LogP contribution in [0.3, 0.4) is 0 Å². The van der Waals surface area contributed by atoms with Crippen LogP contribution >= 0.6 is 0 Å². The van der Waals surface area contributed by atoms with E-state index in [-0.39, 0.29) is 17.6 Å². The Bertz CT molecular complexity index is 805. The number of benzene rings is 2. The van der Waals surface area contributed by atoms with Gasteiger partial charge in [-0.1, -0.05) is 29.8 Å². The van der Waals surface area contributed by atoms with Gasteiger partial charge in [-0.3, -0.25) is 9.59 Å². The summed E-state index contributed by atoms with van der Waals surface area (Å²) in [5, 5.41) is 0. The maximum Gasteiger partial charge on any atom is 0.253 e. The Kier molecular flexibility index (Phi) is 5.46. The zero-order chi connectivity index (χ0) is 18.5. The number of nitrogens with zero attached hydrogens (tertiary/aromatic N) is 2. The Morgan fingerprint density at radius 3 is 2.08 bits per heavy atom. The molecule has 5 heteroatoms. The fourth-order valence-corrected chi connectivity index (χ4v) is 2.86. The van der Waals surface area contributed by atoms with Gasteiger partial charge in [-0.25, -0.2) is 4.39 Å². The lowest BCUT2D eigenvalue weighted by atomic mass is 10.1. The average molecular weight is 352 g/mol. The van der Waals surface area contributed by atoms with Crippen molar-refractivity contribution in [2.45, 2.75) is 6.92 Å². The number of halogens is 1. The summed E-state index contributed by atoms with van der Waals surface area (Å²) in [5.74, 6) is -0.404. The highest BCUT2D eigenvalue weighted by Crippen LogP contribution is 2.11. The third kappa shape index (κ3) is 4.36. The minimum absolute atomic E-state index is 0.000969. The summed E-state index contributed by atoms with van der Waals surface area (Å²) < 4.78 is 12.9. The number of hydrogen-bond acceptors (Lipinski definition) is 2. The molecule has 0 atom stereocenters. The van der Waals surface area contributed by atoms with Crippen LogP contribution in [-0.4, -0.2) is 47.8 Å². The third-order valence-corrected chi connectivity index (χ3v) is 4.47. The topological polar surface area (TPSA) is 40.6 Å². The highest BCUT2D eigenvalue weighted by Gasteiger charge is 2.23. The molecule has 0 spiro atoms. The summed E-state index contributed by atoms with van der Waals surface area (Å²) >= 11 is 0. The SMILES string of the molecule is Cc1ccc(C(=O)N2CCN(C(=O)/C=C/c3ccc(F)cc3)CC2)cc1. The first-order valence-corrected chi connectivity index (χ1v) is 8.61. The van der Waals surface area contributed by atoms with Gasteiger partial charge in [0.1, 0.15) is 5.82 Å². The molecule has 0 aliphatic carbocycles. The molecule has 1 saturated heterocycles. The molecule has 134 valence electrons. The van der Waals surface area contributed by atoms with E-state index in [4.69, 9.17) is 0 Å². The molecule has 1 fully saturated rings. The smallest absolute Gasteiger partial charge is 0.253 e. The van der Waals surface area contributed by atoms with Crippen molar-refractivity contribution in [1.29, 1.82) is 0 Å². The summed E-state index contributed by atoms with van der Waals surface area (Å²) in [5.41, 5.74) is 2.56. The lowest BCUT2D eigenvalue weighted by Gasteiger charge is -2.34. The highest BCUT2D eigenvalue weighted by atomic mass is 19.1. The highest BCUT2D eigenvalue weighted by molar-refractivity contribution is 5.95. The maximum atomic E-state index is 12.9. The van der Waals surface area contributed by atoms with Crippen LogP contribution in [0.15, 0.2) is 54.6 Å². The number of carbonyl (C=O) groups excluding carboxylic acids is 2. The molecule has 0 bridgehead atoms. The molecule has 26 heavy (non-hydrogen) atoms. The molecular formula is C21H21FN2O2. The number of carbonyl (C=O) groups is 2. The fraction of sp³-hybridized carbons (Fsp3) is 0.238. The predicted molar refractivity (Wildman–Crippen MR) is 99.1 cm³/mol. The van der Waals surface area contributed by atoms with Crippen molar-refractivity contribution < 1.29 is 14.0 Å². The standard InChI is InChI=1S/C21H21FN2O2/c1-16-2-7-18(8-3-16)21(26)24-14-12-23(13-15-24)20(25)11-6-17-4-9-19(22)10-5-17/h2-11H,12-15H2,1H3/b11-6+. The second kappa shape index (κ2) is 7.95. The van der Waals surface area contributed by atoms with Gasteiger partial charge in [0.2, 0.25) is 5.91 Å². The Balaban J connectivity index is 1.54. The zero-order valence-corrected chi connectivity index (χ0v) is 14.7. The van der Waals surface area contributed by atoms with Gasteiger partial charge < -0.3 is 9.80 Å². The van der Waals surface area contributed by atoms with Crippen LogP contribution in [0, 0.1) is 12.7 Å². The van der Waals surface area contributed by atoms with Gasteiger partial charge in [-0.05, 0) is 42.8 Å². The van der Waals surface area contributed by atoms with E-state index in [2.05, 4.69) is 0 Å². The molecule has 2 amide bonds. The van der Waals surface area contributed by atoms with Crippen LogP contribution in [0.1, 0.15) is 21.5 Å². The number of amides is 2. The van der Waals surface area contributed by atoms with Gasteiger partial charge in [0.05, 0.1) is 0 Å². The molecule has 0 N–H and O–H groups in total. The zero-order valence-electron chi connectivity index (χ0n) is 14.7. The summed E-state index contributed by atoms with van der Waals surface area (Å²) in [6.07, 6.45) is 3.16. The molecule has 4 nitrogen and oxygen atoms in total. The first kappa shape index (κ1) is 17.9. The second-order valence-corrected chi connectivity index (χ2v) is 6.37. The van der Waals surface area contributed by atoms with Gasteiger partial charge in [-0.15, -0.1) is 0 Å². The van der Waals surface area contributed by atoms with Crippen molar-refractivity contribution in [2.75, 3.05) is 26.2 Å². The van der Waals surface area contributed by atoms with Crippen molar-refractivity contribution in [3.8, 4) is 0 Å². The van der Waals surface area contributed by atoms with Crippen molar-refractivity contribution in [3.63, 3.8) is 0 Å². The minimum Gasteiger partial charge on any atom is -0.336 e. The lowest BCUT2D eigenvalue weighted by molar-refractivity contribution is -0.127. The van der Waals surface area contributed by atoms with Crippen LogP contribution < -0.4 is 0 Å². The Labute approximate surface area is 152 Å². The largest absolute Gasteiger partial charge is 0.336 e. The number of piperazine rings is 1. The molecule has 0 saturated carbocycles. The number of aryl methyl sites for hydroxylation is 1. The van der Waals surface area contributed by atoms with E-state index in [9.17, 15) is 14.0 Å². The lowest BCUT2D eigenvalue weighted by Crippen LogP contribution is -2.50. The normalized spacial score (nSPS) is 14.7. The Hall–Kier alpha value is -2.95. The minimum atomic E-state index is -0.303.